The van der Waals surface area contributed by atoms with Gasteiger partial charge in [-0.15, -0.1) is 18.1 Å². The molecule has 0 spiro atoms. The van der Waals surface area contributed by atoms with Crippen molar-refractivity contribution in [3.63, 3.8) is 0 Å². The van der Waals surface area contributed by atoms with E-state index >= 15 is 0 Å². The first-order chi connectivity index (χ1) is 13.1. The zero-order valence-corrected chi connectivity index (χ0v) is 22.6. The molecular formula is C17H29F9GeN3Zr. The van der Waals surface area contributed by atoms with E-state index < -0.39 is 29.4 Å². The molecule has 0 fully saturated rings. The van der Waals surface area contributed by atoms with E-state index in [1.54, 1.807) is 0 Å². The van der Waals surface area contributed by atoms with Crippen LogP contribution >= 0.6 is 0 Å². The van der Waals surface area contributed by atoms with E-state index in [0.717, 1.165) is 0 Å². The number of halogens is 9. The van der Waals surface area contributed by atoms with E-state index in [4.69, 9.17) is 17.2 Å². The predicted molar refractivity (Wildman–Crippen MR) is 104 cm³/mol. The van der Waals surface area contributed by atoms with Crippen molar-refractivity contribution in [2.75, 3.05) is 0 Å². The minimum Gasteiger partial charge on any atom is -0.214 e. The van der Waals surface area contributed by atoms with Gasteiger partial charge < -0.3 is 17.2 Å². The van der Waals surface area contributed by atoms with Crippen molar-refractivity contribution in [3.05, 3.63) is 47.5 Å². The predicted octanol–water partition coefficient (Wildman–Crippen LogP) is 8.53. The molecule has 0 amide bonds. The largest absolute Gasteiger partial charge is 4.00 e. The van der Waals surface area contributed by atoms with Gasteiger partial charge in [-0.25, -0.2) is 12.1 Å². The van der Waals surface area contributed by atoms with Gasteiger partial charge in [0.15, 0.2) is 0 Å². The molecule has 1 aromatic rings. The molecule has 0 heterocycles. The molecule has 0 bridgehead atoms. The van der Waals surface area contributed by atoms with Crippen LogP contribution in [0.3, 0.4) is 0 Å². The number of alkyl halides is 9. The van der Waals surface area contributed by atoms with Gasteiger partial charge in [0.1, 0.15) is 0 Å². The molecule has 0 saturated heterocycles. The smallest absolute Gasteiger partial charge is 0.214 e. The summed E-state index contributed by atoms with van der Waals surface area (Å²) in [4.78, 5) is 0. The summed E-state index contributed by atoms with van der Waals surface area (Å²) in [5.41, 5.74) is 19.8. The number of hydrogen-bond acceptors (Lipinski definition) is 0. The van der Waals surface area contributed by atoms with Crippen LogP contribution in [0.4, 0.5) is 39.5 Å². The molecule has 3 nitrogen and oxygen atoms in total. The Hall–Kier alpha value is 0.0260. The Morgan fingerprint density at radius 3 is 0.774 bits per heavy atom. The van der Waals surface area contributed by atoms with Gasteiger partial charge in [-0.1, -0.05) is 41.5 Å². The second kappa shape index (κ2) is 20.6. The molecular weight excluding hydrogens is 581 g/mol. The monoisotopic (exact) mass is 610 g/mol. The Morgan fingerprint density at radius 2 is 0.742 bits per heavy atom. The van der Waals surface area contributed by atoms with Crippen molar-refractivity contribution in [2.24, 2.45) is 0 Å². The summed E-state index contributed by atoms with van der Waals surface area (Å²) in [6.45, 7) is 11.0. The third-order valence-electron chi connectivity index (χ3n) is 1.41. The number of nitrogens with one attached hydrogen (secondary N) is 3. The average molecular weight is 610 g/mol. The zero-order chi connectivity index (χ0) is 25.3. The molecule has 0 unspecified atom stereocenters. The molecule has 1 radical (unpaired) electrons. The number of hydrogen-bond donors (Lipinski definition) is 0. The van der Waals surface area contributed by atoms with Crippen molar-refractivity contribution < 1.29 is 65.7 Å². The summed E-state index contributed by atoms with van der Waals surface area (Å²) in [6.07, 6.45) is 0. The van der Waals surface area contributed by atoms with Gasteiger partial charge >= 0.3 is 95.1 Å². The van der Waals surface area contributed by atoms with Gasteiger partial charge in [0.05, 0.1) is 0 Å². The quantitative estimate of drug-likeness (QED) is 0.161. The fraction of sp³-hybridized carbons (Fsp3) is 0.706. The van der Waals surface area contributed by atoms with E-state index in [-0.39, 0.29) is 44.3 Å². The third-order valence-corrected chi connectivity index (χ3v) is 4.97. The van der Waals surface area contributed by atoms with Crippen LogP contribution in [0.15, 0.2) is 30.3 Å². The second-order valence-corrected chi connectivity index (χ2v) is 11.4. The van der Waals surface area contributed by atoms with E-state index in [9.17, 15) is 39.5 Å². The summed E-state index contributed by atoms with van der Waals surface area (Å²) >= 11 is -7.10. The van der Waals surface area contributed by atoms with Crippen LogP contribution in [-0.2, 0) is 26.2 Å². The second-order valence-electron chi connectivity index (χ2n) is 6.29. The van der Waals surface area contributed by atoms with Gasteiger partial charge in [-0.3, -0.25) is 0 Å². The Balaban J connectivity index is -0.000000103. The molecule has 0 aliphatic heterocycles. The van der Waals surface area contributed by atoms with E-state index in [2.05, 4.69) is 0 Å². The van der Waals surface area contributed by atoms with E-state index in [1.165, 1.54) is 0 Å². The van der Waals surface area contributed by atoms with Crippen LogP contribution < -0.4 is 0 Å². The maximum Gasteiger partial charge on any atom is 4.00 e. The molecule has 0 aromatic heterocycles. The fourth-order valence-electron chi connectivity index (χ4n) is 0.803. The Kier molecular flexibility index (Phi) is 27.5. The molecule has 0 atom stereocenters. The van der Waals surface area contributed by atoms with Crippen molar-refractivity contribution in [1.29, 1.82) is 0 Å². The summed E-state index contributed by atoms with van der Waals surface area (Å²) in [5.74, 6) is 0. The van der Waals surface area contributed by atoms with E-state index in [1.807, 2.05) is 71.9 Å². The third kappa shape index (κ3) is 44.5. The normalized spacial score (nSPS) is 11.2. The molecule has 0 aliphatic rings. The molecule has 0 saturated carbocycles. The standard InChI is InChI=1S/C5H5.C3F9Ge.3C3H8N.Zr/c1-2-4-5-3-1;4-1(5,6)13(2(7,8)9)3(10,11)12;3*1-3(2)4;/h1-5H;;3*3-4H,1-2H3;/q-1;;3*-1;+4. The molecule has 31 heavy (non-hydrogen) atoms. The van der Waals surface area contributed by atoms with Crippen LogP contribution in [0, 0.1) is 0 Å². The van der Waals surface area contributed by atoms with Crippen molar-refractivity contribution in [1.82, 2.24) is 0 Å². The van der Waals surface area contributed by atoms with Gasteiger partial charge in [0, 0.05) is 0 Å². The Morgan fingerprint density at radius 1 is 0.581 bits per heavy atom. The molecule has 1 rings (SSSR count). The van der Waals surface area contributed by atoms with Crippen LogP contribution in [-0.4, -0.2) is 47.5 Å². The van der Waals surface area contributed by atoms with Crippen LogP contribution in [0.25, 0.3) is 17.2 Å². The summed E-state index contributed by atoms with van der Waals surface area (Å²) in [7, 11) is 0. The summed E-state index contributed by atoms with van der Waals surface area (Å²) in [5, 5.41) is -18.6. The average Bonchev–Trinajstić information content (AvgIpc) is 2.87. The van der Waals surface area contributed by atoms with Crippen LogP contribution in [0.2, 0.25) is 0 Å². The SMILES string of the molecule is CC(C)[NH-].CC(C)[NH-].CC(C)[NH-].F[C](F)(F)[Ge]([C](F)(F)F)[C](F)(F)F.[Zr+4].c1cc[cH-]c1. The maximum atomic E-state index is 11.3. The Bertz CT molecular complexity index is 388. The molecule has 3 N–H and O–H groups in total. The maximum absolute atomic E-state index is 11.3. The van der Waals surface area contributed by atoms with Gasteiger partial charge in [0.2, 0.25) is 0 Å². The first-order valence-electron chi connectivity index (χ1n) is 8.45. The minimum atomic E-state index is -7.10. The van der Waals surface area contributed by atoms with Crippen LogP contribution in [0.5, 0.6) is 0 Å². The van der Waals surface area contributed by atoms with Gasteiger partial charge in [-0.05, 0) is 0 Å². The van der Waals surface area contributed by atoms with Gasteiger partial charge in [0.25, 0.3) is 0 Å². The minimum absolute atomic E-state index is 0. The molecule has 1 aromatic carbocycles. The summed E-state index contributed by atoms with van der Waals surface area (Å²) < 4.78 is 102. The first kappa shape index (κ1) is 41.3. The molecule has 0 aliphatic carbocycles. The van der Waals surface area contributed by atoms with Crippen molar-refractivity contribution in [2.45, 2.75) is 74.7 Å². The molecule has 14 heteroatoms. The Labute approximate surface area is 201 Å². The zero-order valence-electron chi connectivity index (χ0n) is 18.0. The van der Waals surface area contributed by atoms with Crippen LogP contribution in [0.1, 0.15) is 41.5 Å². The topological polar surface area (TPSA) is 71.4 Å². The number of rotatable bonds is 0. The van der Waals surface area contributed by atoms with Crippen molar-refractivity contribution in [3.8, 4) is 0 Å². The van der Waals surface area contributed by atoms with Crippen molar-refractivity contribution >= 4 is 14.3 Å². The summed E-state index contributed by atoms with van der Waals surface area (Å²) in [6, 6.07) is 10.2. The molecule has 183 valence electrons. The first-order valence-corrected chi connectivity index (χ1v) is 11.6. The van der Waals surface area contributed by atoms with E-state index in [0.29, 0.717) is 0 Å². The fourth-order valence-corrected chi connectivity index (χ4v) is 2.83. The van der Waals surface area contributed by atoms with Gasteiger partial charge in [-0.2, -0.15) is 18.2 Å².